The van der Waals surface area contributed by atoms with Gasteiger partial charge in [-0.3, -0.25) is 9.69 Å². The number of aliphatic hydroxyl groups is 1. The van der Waals surface area contributed by atoms with Crippen molar-refractivity contribution in [2.75, 3.05) is 13.1 Å². The summed E-state index contributed by atoms with van der Waals surface area (Å²) in [6.07, 6.45) is 2.26. The zero-order valence-electron chi connectivity index (χ0n) is 9.31. The van der Waals surface area contributed by atoms with Gasteiger partial charge in [0.15, 0.2) is 0 Å². The Bertz CT molecular complexity index is 269. The highest BCUT2D eigenvalue weighted by molar-refractivity contribution is 5.70. The molecule has 0 aromatic carbocycles. The van der Waals surface area contributed by atoms with Crippen molar-refractivity contribution in [3.05, 3.63) is 0 Å². The summed E-state index contributed by atoms with van der Waals surface area (Å²) in [5.74, 6) is -0.654. The quantitative estimate of drug-likeness (QED) is 0.716. The number of aliphatic carboxylic acids is 1. The van der Waals surface area contributed by atoms with E-state index in [1.165, 1.54) is 0 Å². The van der Waals surface area contributed by atoms with Gasteiger partial charge in [-0.1, -0.05) is 6.92 Å². The number of hydrogen-bond acceptors (Lipinski definition) is 3. The highest BCUT2D eigenvalue weighted by Gasteiger charge is 2.53. The summed E-state index contributed by atoms with van der Waals surface area (Å²) in [5, 5.41) is 19.0. The number of carboxylic acids is 1. The van der Waals surface area contributed by atoms with Crippen LogP contribution in [0, 0.1) is 11.8 Å². The third-order valence-corrected chi connectivity index (χ3v) is 3.98. The minimum absolute atomic E-state index is 0.0153. The fourth-order valence-corrected chi connectivity index (χ4v) is 2.35. The fraction of sp³-hybridized carbons (Fsp3) is 0.909. The van der Waals surface area contributed by atoms with Gasteiger partial charge in [0, 0.05) is 19.1 Å². The molecule has 1 aliphatic heterocycles. The molecule has 2 aliphatic rings. The van der Waals surface area contributed by atoms with Gasteiger partial charge in [-0.2, -0.15) is 0 Å². The fourth-order valence-electron chi connectivity index (χ4n) is 2.35. The van der Waals surface area contributed by atoms with E-state index in [1.807, 2.05) is 6.92 Å². The largest absolute Gasteiger partial charge is 0.481 e. The van der Waals surface area contributed by atoms with Crippen LogP contribution < -0.4 is 0 Å². The van der Waals surface area contributed by atoms with Crippen LogP contribution in [0.5, 0.6) is 0 Å². The molecular weight excluding hydrogens is 194 g/mol. The first kappa shape index (κ1) is 10.9. The average Bonchev–Trinajstić information content (AvgIpc) is 2.93. The lowest BCUT2D eigenvalue weighted by Gasteiger charge is -2.50. The Morgan fingerprint density at radius 1 is 1.40 bits per heavy atom. The molecule has 0 bridgehead atoms. The summed E-state index contributed by atoms with van der Waals surface area (Å²) in [7, 11) is 0. The second-order valence-corrected chi connectivity index (χ2v) is 5.15. The van der Waals surface area contributed by atoms with Crippen LogP contribution in [0.15, 0.2) is 0 Å². The molecule has 2 rings (SSSR count). The molecule has 0 amide bonds. The van der Waals surface area contributed by atoms with E-state index in [-0.39, 0.29) is 12.0 Å². The van der Waals surface area contributed by atoms with E-state index in [2.05, 4.69) is 4.90 Å². The van der Waals surface area contributed by atoms with Crippen LogP contribution in [-0.4, -0.2) is 45.8 Å². The van der Waals surface area contributed by atoms with Crippen LogP contribution in [0.4, 0.5) is 0 Å². The summed E-state index contributed by atoms with van der Waals surface area (Å²) < 4.78 is 0. The molecule has 1 heterocycles. The molecule has 0 radical (unpaired) electrons. The normalized spacial score (nSPS) is 29.3. The SMILES string of the molecule is CC(C(=O)O)C(C)N1CC(O)(C2CC2)C1. The Morgan fingerprint density at radius 2 is 1.93 bits per heavy atom. The summed E-state index contributed by atoms with van der Waals surface area (Å²) in [6.45, 7) is 4.94. The molecule has 2 N–H and O–H groups in total. The molecule has 1 aliphatic carbocycles. The van der Waals surface area contributed by atoms with E-state index in [4.69, 9.17) is 5.11 Å². The Labute approximate surface area is 89.9 Å². The molecule has 4 heteroatoms. The van der Waals surface area contributed by atoms with Gasteiger partial charge in [0.25, 0.3) is 0 Å². The predicted molar refractivity (Wildman–Crippen MR) is 55.5 cm³/mol. The van der Waals surface area contributed by atoms with Gasteiger partial charge < -0.3 is 10.2 Å². The number of carboxylic acid groups (broad SMARTS) is 1. The summed E-state index contributed by atoms with van der Waals surface area (Å²) in [5.41, 5.74) is -0.507. The molecule has 0 aromatic rings. The van der Waals surface area contributed by atoms with Gasteiger partial charge in [-0.05, 0) is 25.7 Å². The molecule has 0 spiro atoms. The lowest BCUT2D eigenvalue weighted by molar-refractivity contribution is -0.155. The lowest BCUT2D eigenvalue weighted by Crippen LogP contribution is -2.66. The Hall–Kier alpha value is -0.610. The van der Waals surface area contributed by atoms with Crippen molar-refractivity contribution in [2.45, 2.75) is 38.3 Å². The second-order valence-electron chi connectivity index (χ2n) is 5.15. The number of β-amino-alcohol motifs (C(OH)–C–C–N with tert-alkyl or cyclic N) is 1. The zero-order chi connectivity index (χ0) is 11.2. The summed E-state index contributed by atoms with van der Waals surface area (Å²) in [4.78, 5) is 12.9. The van der Waals surface area contributed by atoms with Crippen LogP contribution in [0.1, 0.15) is 26.7 Å². The van der Waals surface area contributed by atoms with E-state index in [1.54, 1.807) is 6.92 Å². The highest BCUT2D eigenvalue weighted by atomic mass is 16.4. The van der Waals surface area contributed by atoms with E-state index in [9.17, 15) is 9.90 Å². The minimum Gasteiger partial charge on any atom is -0.481 e. The maximum atomic E-state index is 10.8. The Kier molecular flexibility index (Phi) is 2.51. The maximum absolute atomic E-state index is 10.8. The topological polar surface area (TPSA) is 60.8 Å². The molecular formula is C11H19NO3. The van der Waals surface area contributed by atoms with E-state index < -0.39 is 11.6 Å². The van der Waals surface area contributed by atoms with Crippen molar-refractivity contribution >= 4 is 5.97 Å². The number of likely N-dealkylation sites (tertiary alicyclic amines) is 1. The van der Waals surface area contributed by atoms with Crippen molar-refractivity contribution in [3.63, 3.8) is 0 Å². The van der Waals surface area contributed by atoms with E-state index in [0.717, 1.165) is 12.8 Å². The minimum atomic E-state index is -0.760. The van der Waals surface area contributed by atoms with Crippen LogP contribution >= 0.6 is 0 Å². The lowest BCUT2D eigenvalue weighted by atomic mass is 9.85. The third-order valence-electron chi connectivity index (χ3n) is 3.98. The first-order chi connectivity index (χ1) is 6.94. The third kappa shape index (κ3) is 1.88. The van der Waals surface area contributed by atoms with Crippen molar-refractivity contribution in [1.29, 1.82) is 0 Å². The molecule has 2 atom stereocenters. The molecule has 86 valence electrons. The van der Waals surface area contributed by atoms with Crippen LogP contribution in [0.3, 0.4) is 0 Å². The Balaban J connectivity index is 1.85. The van der Waals surface area contributed by atoms with Gasteiger partial charge >= 0.3 is 5.97 Å². The van der Waals surface area contributed by atoms with Gasteiger partial charge in [0.05, 0.1) is 11.5 Å². The van der Waals surface area contributed by atoms with Crippen molar-refractivity contribution < 1.29 is 15.0 Å². The van der Waals surface area contributed by atoms with Crippen LogP contribution in [0.25, 0.3) is 0 Å². The number of nitrogens with zero attached hydrogens (tertiary/aromatic N) is 1. The second kappa shape index (κ2) is 3.46. The van der Waals surface area contributed by atoms with Gasteiger partial charge in [-0.25, -0.2) is 0 Å². The molecule has 2 fully saturated rings. The van der Waals surface area contributed by atoms with Crippen molar-refractivity contribution in [2.24, 2.45) is 11.8 Å². The first-order valence-electron chi connectivity index (χ1n) is 5.63. The number of hydrogen-bond donors (Lipinski definition) is 2. The molecule has 0 aromatic heterocycles. The van der Waals surface area contributed by atoms with Crippen LogP contribution in [-0.2, 0) is 4.79 Å². The number of rotatable bonds is 4. The average molecular weight is 213 g/mol. The van der Waals surface area contributed by atoms with Gasteiger partial charge in [-0.15, -0.1) is 0 Å². The highest BCUT2D eigenvalue weighted by Crippen LogP contribution is 2.45. The van der Waals surface area contributed by atoms with Crippen LogP contribution in [0.2, 0.25) is 0 Å². The Morgan fingerprint density at radius 3 is 2.33 bits per heavy atom. The molecule has 4 nitrogen and oxygen atoms in total. The standard InChI is InChI=1S/C11H19NO3/c1-7(10(13)14)8(2)12-5-11(15,6-12)9-3-4-9/h7-9,15H,3-6H2,1-2H3,(H,13,14). The molecule has 15 heavy (non-hydrogen) atoms. The molecule has 1 saturated carbocycles. The van der Waals surface area contributed by atoms with Gasteiger partial charge in [0.1, 0.15) is 0 Å². The van der Waals surface area contributed by atoms with E-state index in [0.29, 0.717) is 19.0 Å². The summed E-state index contributed by atoms with van der Waals surface area (Å²) in [6, 6.07) is 0.0153. The first-order valence-corrected chi connectivity index (χ1v) is 5.63. The zero-order valence-corrected chi connectivity index (χ0v) is 9.31. The number of carbonyl (C=O) groups is 1. The summed E-state index contributed by atoms with van der Waals surface area (Å²) >= 11 is 0. The molecule has 1 saturated heterocycles. The van der Waals surface area contributed by atoms with Crippen molar-refractivity contribution in [1.82, 2.24) is 4.90 Å². The monoisotopic (exact) mass is 213 g/mol. The maximum Gasteiger partial charge on any atom is 0.307 e. The predicted octanol–water partition coefficient (Wildman–Crippen LogP) is 0.552. The smallest absolute Gasteiger partial charge is 0.307 e. The van der Waals surface area contributed by atoms with E-state index >= 15 is 0 Å². The van der Waals surface area contributed by atoms with Crippen molar-refractivity contribution in [3.8, 4) is 0 Å². The molecule has 2 unspecified atom stereocenters. The van der Waals surface area contributed by atoms with Gasteiger partial charge in [0.2, 0.25) is 0 Å².